The number of carboxylic acids is 1. The highest BCUT2D eigenvalue weighted by atomic mass is 19.4. The van der Waals surface area contributed by atoms with Gasteiger partial charge in [0.1, 0.15) is 0 Å². The maximum absolute atomic E-state index is 12.5. The first kappa shape index (κ1) is 17.0. The molecule has 1 aromatic rings. The molecule has 0 heterocycles. The highest BCUT2D eigenvalue weighted by Crippen LogP contribution is 2.31. The molecule has 2 N–H and O–H groups in total. The smallest absolute Gasteiger partial charge is 0.416 e. The van der Waals surface area contributed by atoms with E-state index in [0.717, 1.165) is 12.1 Å². The molecule has 21 heavy (non-hydrogen) atoms. The number of halogens is 3. The lowest BCUT2D eigenvalue weighted by molar-refractivity contribution is -0.137. The molecule has 5 nitrogen and oxygen atoms in total. The fraction of sp³-hybridized carbons (Fsp3) is 0.385. The number of hydrogen-bond acceptors (Lipinski definition) is 3. The maximum atomic E-state index is 12.5. The number of aromatic carboxylic acids is 1. The number of carbonyl (C=O) groups excluding carboxylic acids is 1. The van der Waals surface area contributed by atoms with Crippen LogP contribution in [0.15, 0.2) is 18.2 Å². The molecule has 0 unspecified atom stereocenters. The number of hydrogen-bond donors (Lipinski definition) is 2. The summed E-state index contributed by atoms with van der Waals surface area (Å²) in [5.74, 6) is -2.00. The Balaban J connectivity index is 2.97. The summed E-state index contributed by atoms with van der Waals surface area (Å²) < 4.78 is 37.6. The van der Waals surface area contributed by atoms with Crippen molar-refractivity contribution in [1.29, 1.82) is 0 Å². The third kappa shape index (κ3) is 5.07. The lowest BCUT2D eigenvalue weighted by atomic mass is 10.1. The largest absolute Gasteiger partial charge is 0.478 e. The van der Waals surface area contributed by atoms with Crippen LogP contribution in [0.25, 0.3) is 0 Å². The molecule has 0 aliphatic rings. The Morgan fingerprint density at radius 1 is 1.29 bits per heavy atom. The Morgan fingerprint density at radius 3 is 2.38 bits per heavy atom. The van der Waals surface area contributed by atoms with Gasteiger partial charge in [0.15, 0.2) is 0 Å². The van der Waals surface area contributed by atoms with Gasteiger partial charge < -0.3 is 15.3 Å². The van der Waals surface area contributed by atoms with Crippen LogP contribution in [0.2, 0.25) is 0 Å². The zero-order valence-electron chi connectivity index (χ0n) is 11.5. The average Bonchev–Trinajstić information content (AvgIpc) is 2.35. The second kappa shape index (κ2) is 6.57. The van der Waals surface area contributed by atoms with Crippen molar-refractivity contribution in [2.24, 2.45) is 0 Å². The van der Waals surface area contributed by atoms with Crippen LogP contribution in [0.4, 0.5) is 18.9 Å². The van der Waals surface area contributed by atoms with Crippen molar-refractivity contribution < 1.29 is 27.9 Å². The van der Waals surface area contributed by atoms with Gasteiger partial charge >= 0.3 is 12.1 Å². The Labute approximate surface area is 119 Å². The fourth-order valence-electron chi connectivity index (χ4n) is 1.54. The summed E-state index contributed by atoms with van der Waals surface area (Å²) in [5.41, 5.74) is -1.83. The van der Waals surface area contributed by atoms with Gasteiger partial charge in [0.25, 0.3) is 0 Å². The van der Waals surface area contributed by atoms with Gasteiger partial charge in [-0.2, -0.15) is 13.2 Å². The predicted molar refractivity (Wildman–Crippen MR) is 70.2 cm³/mol. The third-order valence-corrected chi connectivity index (χ3v) is 2.64. The highest BCUT2D eigenvalue weighted by Gasteiger charge is 2.32. The van der Waals surface area contributed by atoms with Gasteiger partial charge in [-0.05, 0) is 32.3 Å². The number of carbonyl (C=O) groups is 2. The summed E-state index contributed by atoms with van der Waals surface area (Å²) in [6.45, 7) is 0.439. The lowest BCUT2D eigenvalue weighted by Gasteiger charge is -2.13. The molecule has 0 saturated heterocycles. The van der Waals surface area contributed by atoms with Crippen molar-refractivity contribution in [3.05, 3.63) is 29.3 Å². The quantitative estimate of drug-likeness (QED) is 0.875. The summed E-state index contributed by atoms with van der Waals surface area (Å²) in [6.07, 6.45) is -4.54. The summed E-state index contributed by atoms with van der Waals surface area (Å²) in [6, 6.07) is 2.18. The van der Waals surface area contributed by atoms with Crippen LogP contribution < -0.4 is 5.32 Å². The Hall–Kier alpha value is -2.09. The average molecular weight is 304 g/mol. The van der Waals surface area contributed by atoms with E-state index < -0.39 is 29.2 Å². The maximum Gasteiger partial charge on any atom is 0.416 e. The molecule has 0 radical (unpaired) electrons. The number of anilines is 1. The molecule has 0 aromatic heterocycles. The molecule has 116 valence electrons. The van der Waals surface area contributed by atoms with Gasteiger partial charge in [0.2, 0.25) is 5.91 Å². The molecule has 0 aliphatic heterocycles. The van der Waals surface area contributed by atoms with Gasteiger partial charge in [-0.25, -0.2) is 4.79 Å². The monoisotopic (exact) mass is 304 g/mol. The van der Waals surface area contributed by atoms with Crippen LogP contribution in [0, 0.1) is 0 Å². The van der Waals surface area contributed by atoms with E-state index in [1.807, 2.05) is 0 Å². The normalized spacial score (nSPS) is 11.5. The van der Waals surface area contributed by atoms with Crippen LogP contribution >= 0.6 is 0 Å². The van der Waals surface area contributed by atoms with E-state index >= 15 is 0 Å². The number of amides is 1. The molecular formula is C13H15F3N2O3. The standard InChI is InChI=1S/C13H15F3N2O3/c1-18(2)6-5-11(19)17-10-4-3-8(13(14,15)16)7-9(10)12(20)21/h3-4,7H,5-6H2,1-2H3,(H,17,19)(H,20,21). The van der Waals surface area contributed by atoms with E-state index in [0.29, 0.717) is 12.6 Å². The van der Waals surface area contributed by atoms with E-state index in [1.54, 1.807) is 19.0 Å². The van der Waals surface area contributed by atoms with Crippen molar-refractivity contribution in [2.45, 2.75) is 12.6 Å². The van der Waals surface area contributed by atoms with Gasteiger partial charge in [-0.1, -0.05) is 0 Å². The van der Waals surface area contributed by atoms with Crippen molar-refractivity contribution in [3.63, 3.8) is 0 Å². The van der Waals surface area contributed by atoms with Crippen molar-refractivity contribution in [3.8, 4) is 0 Å². The van der Waals surface area contributed by atoms with Crippen molar-refractivity contribution >= 4 is 17.6 Å². The van der Waals surface area contributed by atoms with Crippen molar-refractivity contribution in [2.75, 3.05) is 26.0 Å². The van der Waals surface area contributed by atoms with Crippen molar-refractivity contribution in [1.82, 2.24) is 4.90 Å². The second-order valence-electron chi connectivity index (χ2n) is 4.66. The molecule has 0 aliphatic carbocycles. The summed E-state index contributed by atoms with van der Waals surface area (Å²) in [4.78, 5) is 24.4. The van der Waals surface area contributed by atoms with E-state index in [9.17, 15) is 22.8 Å². The first-order chi connectivity index (χ1) is 9.61. The van der Waals surface area contributed by atoms with Gasteiger partial charge in [0, 0.05) is 13.0 Å². The van der Waals surface area contributed by atoms with Gasteiger partial charge in [0.05, 0.1) is 16.8 Å². The Kier molecular flexibility index (Phi) is 5.31. The molecule has 8 heteroatoms. The number of rotatable bonds is 5. The summed E-state index contributed by atoms with van der Waals surface area (Å²) in [5, 5.41) is 11.3. The van der Waals surface area contributed by atoms with E-state index in [2.05, 4.69) is 5.32 Å². The molecule has 0 saturated carbocycles. The van der Waals surface area contributed by atoms with Crippen LogP contribution in [0.5, 0.6) is 0 Å². The summed E-state index contributed by atoms with van der Waals surface area (Å²) in [7, 11) is 3.52. The third-order valence-electron chi connectivity index (χ3n) is 2.64. The first-order valence-corrected chi connectivity index (χ1v) is 6.00. The molecule has 0 spiro atoms. The van der Waals surface area contributed by atoms with Crippen LogP contribution in [-0.4, -0.2) is 42.5 Å². The van der Waals surface area contributed by atoms with Crippen LogP contribution in [0.3, 0.4) is 0 Å². The minimum atomic E-state index is -4.64. The Morgan fingerprint density at radius 2 is 1.90 bits per heavy atom. The van der Waals surface area contributed by atoms with Gasteiger partial charge in [-0.3, -0.25) is 4.79 Å². The molecule has 1 rings (SSSR count). The zero-order valence-corrected chi connectivity index (χ0v) is 11.5. The minimum absolute atomic E-state index is 0.104. The number of nitrogens with one attached hydrogen (secondary N) is 1. The first-order valence-electron chi connectivity index (χ1n) is 6.00. The minimum Gasteiger partial charge on any atom is -0.478 e. The van der Waals surface area contributed by atoms with E-state index in [-0.39, 0.29) is 12.1 Å². The second-order valence-corrected chi connectivity index (χ2v) is 4.66. The predicted octanol–water partition coefficient (Wildman–Crippen LogP) is 2.29. The number of benzene rings is 1. The Bertz CT molecular complexity index is 542. The molecule has 0 bridgehead atoms. The van der Waals surface area contributed by atoms with E-state index in [1.165, 1.54) is 0 Å². The van der Waals surface area contributed by atoms with E-state index in [4.69, 9.17) is 5.11 Å². The fourth-order valence-corrected chi connectivity index (χ4v) is 1.54. The zero-order chi connectivity index (χ0) is 16.2. The highest BCUT2D eigenvalue weighted by molar-refractivity contribution is 6.00. The SMILES string of the molecule is CN(C)CCC(=O)Nc1ccc(C(F)(F)F)cc1C(=O)O. The number of alkyl halides is 3. The topological polar surface area (TPSA) is 69.6 Å². The summed E-state index contributed by atoms with van der Waals surface area (Å²) >= 11 is 0. The number of carboxylic acid groups (broad SMARTS) is 1. The molecule has 1 aromatic carbocycles. The molecule has 1 amide bonds. The number of nitrogens with zero attached hydrogens (tertiary/aromatic N) is 1. The van der Waals surface area contributed by atoms with Gasteiger partial charge in [-0.15, -0.1) is 0 Å². The molecule has 0 atom stereocenters. The molecule has 0 fully saturated rings. The van der Waals surface area contributed by atoms with Crippen LogP contribution in [-0.2, 0) is 11.0 Å². The van der Waals surface area contributed by atoms with Crippen LogP contribution in [0.1, 0.15) is 22.3 Å². The molecular weight excluding hydrogens is 289 g/mol. The lowest BCUT2D eigenvalue weighted by Crippen LogP contribution is -2.22.